The summed E-state index contributed by atoms with van der Waals surface area (Å²) in [4.78, 5) is 11.7. The van der Waals surface area contributed by atoms with Crippen molar-refractivity contribution in [3.05, 3.63) is 41.7 Å². The summed E-state index contributed by atoms with van der Waals surface area (Å²) < 4.78 is 12.2. The number of nitrogens with two attached hydrogens (primary N) is 1. The van der Waals surface area contributed by atoms with Gasteiger partial charge in [-0.05, 0) is 13.0 Å². The highest BCUT2D eigenvalue weighted by molar-refractivity contribution is 5.92. The molecule has 2 aromatic rings. The van der Waals surface area contributed by atoms with Crippen LogP contribution in [0.3, 0.4) is 0 Å². The Bertz CT molecular complexity index is 666. The maximum absolute atomic E-state index is 11.7. The SMILES string of the molecule is CCOC(=O)c1nn(CC2COc3ccccc32)cc1N. The average Bonchev–Trinajstić information content (AvgIpc) is 3.04. The molecule has 0 radical (unpaired) electrons. The lowest BCUT2D eigenvalue weighted by molar-refractivity contribution is 0.0519. The van der Waals surface area contributed by atoms with E-state index >= 15 is 0 Å². The van der Waals surface area contributed by atoms with E-state index in [1.54, 1.807) is 17.8 Å². The second kappa shape index (κ2) is 5.47. The van der Waals surface area contributed by atoms with Crippen molar-refractivity contribution in [1.29, 1.82) is 0 Å². The van der Waals surface area contributed by atoms with Crippen LogP contribution in [0.4, 0.5) is 5.69 Å². The first-order chi connectivity index (χ1) is 10.2. The summed E-state index contributed by atoms with van der Waals surface area (Å²) in [6.45, 7) is 3.27. The molecule has 1 atom stereocenters. The number of anilines is 1. The zero-order valence-electron chi connectivity index (χ0n) is 11.8. The number of para-hydroxylation sites is 1. The van der Waals surface area contributed by atoms with E-state index in [9.17, 15) is 4.79 Å². The van der Waals surface area contributed by atoms with Crippen molar-refractivity contribution < 1.29 is 14.3 Å². The van der Waals surface area contributed by atoms with Gasteiger partial charge in [0.15, 0.2) is 5.69 Å². The van der Waals surface area contributed by atoms with Gasteiger partial charge < -0.3 is 15.2 Å². The fraction of sp³-hybridized carbons (Fsp3) is 0.333. The Morgan fingerprint density at radius 3 is 3.14 bits per heavy atom. The van der Waals surface area contributed by atoms with Crippen molar-refractivity contribution in [2.24, 2.45) is 0 Å². The topological polar surface area (TPSA) is 79.4 Å². The third-order valence-electron chi connectivity index (χ3n) is 3.47. The largest absolute Gasteiger partial charge is 0.493 e. The van der Waals surface area contributed by atoms with Gasteiger partial charge in [-0.2, -0.15) is 5.10 Å². The molecule has 110 valence electrons. The van der Waals surface area contributed by atoms with E-state index < -0.39 is 5.97 Å². The minimum atomic E-state index is -0.489. The number of rotatable bonds is 4. The molecule has 0 fully saturated rings. The Labute approximate surface area is 122 Å². The molecule has 0 saturated carbocycles. The highest BCUT2D eigenvalue weighted by Crippen LogP contribution is 2.34. The standard InChI is InChI=1S/C15H17N3O3/c1-2-20-15(19)14-12(16)8-18(17-14)7-10-9-21-13-6-4-3-5-11(10)13/h3-6,8,10H,2,7,9,16H2,1H3. The maximum atomic E-state index is 11.7. The van der Waals surface area contributed by atoms with Gasteiger partial charge in [0.1, 0.15) is 5.75 Å². The molecule has 6 nitrogen and oxygen atoms in total. The van der Waals surface area contributed by atoms with Crippen molar-refractivity contribution in [3.63, 3.8) is 0 Å². The number of nitrogen functional groups attached to an aromatic ring is 1. The zero-order valence-corrected chi connectivity index (χ0v) is 11.8. The first kappa shape index (κ1) is 13.5. The number of aromatic nitrogens is 2. The predicted octanol–water partition coefficient (Wildman–Crippen LogP) is 1.82. The third kappa shape index (κ3) is 2.56. The Balaban J connectivity index is 1.78. The molecule has 3 rings (SSSR count). The first-order valence-electron chi connectivity index (χ1n) is 6.90. The van der Waals surface area contributed by atoms with E-state index in [-0.39, 0.29) is 11.6 Å². The van der Waals surface area contributed by atoms with Crippen molar-refractivity contribution in [1.82, 2.24) is 9.78 Å². The van der Waals surface area contributed by atoms with Gasteiger partial charge in [0.25, 0.3) is 0 Å². The van der Waals surface area contributed by atoms with Crippen LogP contribution < -0.4 is 10.5 Å². The van der Waals surface area contributed by atoms with Gasteiger partial charge in [-0.3, -0.25) is 4.68 Å². The molecular formula is C15H17N3O3. The summed E-state index contributed by atoms with van der Waals surface area (Å²) in [6.07, 6.45) is 1.66. The van der Waals surface area contributed by atoms with Gasteiger partial charge in [-0.1, -0.05) is 18.2 Å². The summed E-state index contributed by atoms with van der Waals surface area (Å²) >= 11 is 0. The molecule has 2 heterocycles. The molecule has 2 N–H and O–H groups in total. The van der Waals surface area contributed by atoms with Crippen LogP contribution in [0, 0.1) is 0 Å². The van der Waals surface area contributed by atoms with Crippen LogP contribution in [0.25, 0.3) is 0 Å². The van der Waals surface area contributed by atoms with Crippen molar-refractivity contribution in [2.45, 2.75) is 19.4 Å². The Kier molecular flexibility index (Phi) is 3.51. The second-order valence-corrected chi connectivity index (χ2v) is 4.92. The van der Waals surface area contributed by atoms with Crippen LogP contribution in [0.2, 0.25) is 0 Å². The fourth-order valence-corrected chi connectivity index (χ4v) is 2.49. The van der Waals surface area contributed by atoms with Crippen molar-refractivity contribution >= 4 is 11.7 Å². The van der Waals surface area contributed by atoms with Gasteiger partial charge >= 0.3 is 5.97 Å². The second-order valence-electron chi connectivity index (χ2n) is 4.92. The highest BCUT2D eigenvalue weighted by Gasteiger charge is 2.25. The third-order valence-corrected chi connectivity index (χ3v) is 3.47. The lowest BCUT2D eigenvalue weighted by Crippen LogP contribution is -2.13. The number of esters is 1. The summed E-state index contributed by atoms with van der Waals surface area (Å²) in [5, 5.41) is 4.23. The van der Waals surface area contributed by atoms with Crippen molar-refractivity contribution in [3.8, 4) is 5.75 Å². The minimum Gasteiger partial charge on any atom is -0.493 e. The number of hydrogen-bond acceptors (Lipinski definition) is 5. The molecule has 6 heteroatoms. The monoisotopic (exact) mass is 287 g/mol. The van der Waals surface area contributed by atoms with Crippen LogP contribution in [-0.2, 0) is 11.3 Å². The lowest BCUT2D eigenvalue weighted by Gasteiger charge is -2.08. The lowest BCUT2D eigenvalue weighted by atomic mass is 10.0. The smallest absolute Gasteiger partial charge is 0.361 e. The van der Waals surface area contributed by atoms with Crippen LogP contribution in [0.15, 0.2) is 30.5 Å². The van der Waals surface area contributed by atoms with E-state index in [0.717, 1.165) is 11.3 Å². The number of benzene rings is 1. The summed E-state index contributed by atoms with van der Waals surface area (Å²) in [7, 11) is 0. The molecule has 1 unspecified atom stereocenters. The number of carbonyl (C=O) groups excluding carboxylic acids is 1. The van der Waals surface area contributed by atoms with Crippen LogP contribution in [0.1, 0.15) is 28.9 Å². The van der Waals surface area contributed by atoms with Gasteiger partial charge in [0.2, 0.25) is 0 Å². The van der Waals surface area contributed by atoms with Gasteiger partial charge in [0, 0.05) is 17.7 Å². The Hall–Kier alpha value is -2.50. The Morgan fingerprint density at radius 1 is 1.52 bits per heavy atom. The van der Waals surface area contributed by atoms with Crippen molar-refractivity contribution in [2.75, 3.05) is 18.9 Å². The van der Waals surface area contributed by atoms with E-state index in [1.165, 1.54) is 0 Å². The van der Waals surface area contributed by atoms with E-state index in [2.05, 4.69) is 5.10 Å². The van der Waals surface area contributed by atoms with Gasteiger partial charge in [0.05, 0.1) is 25.4 Å². The molecule has 1 aliphatic rings. The molecule has 0 bridgehead atoms. The van der Waals surface area contributed by atoms with E-state index in [0.29, 0.717) is 25.4 Å². The fourth-order valence-electron chi connectivity index (χ4n) is 2.49. The molecule has 21 heavy (non-hydrogen) atoms. The normalized spacial score (nSPS) is 16.3. The molecule has 1 aromatic heterocycles. The molecule has 0 spiro atoms. The van der Waals surface area contributed by atoms with Gasteiger partial charge in [-0.25, -0.2) is 4.79 Å². The molecule has 1 aliphatic heterocycles. The average molecular weight is 287 g/mol. The molecule has 0 aliphatic carbocycles. The van der Waals surface area contributed by atoms with Crippen LogP contribution in [0.5, 0.6) is 5.75 Å². The number of fused-ring (bicyclic) bond motifs is 1. The molecule has 0 amide bonds. The van der Waals surface area contributed by atoms with E-state index in [4.69, 9.17) is 15.2 Å². The van der Waals surface area contributed by atoms with Crippen LogP contribution in [-0.4, -0.2) is 29.0 Å². The molecule has 0 saturated heterocycles. The summed E-state index contributed by atoms with van der Waals surface area (Å²) in [6, 6.07) is 7.94. The first-order valence-corrected chi connectivity index (χ1v) is 6.90. The minimum absolute atomic E-state index is 0.170. The Morgan fingerprint density at radius 2 is 2.33 bits per heavy atom. The molecule has 1 aromatic carbocycles. The predicted molar refractivity (Wildman–Crippen MR) is 77.3 cm³/mol. The van der Waals surface area contributed by atoms with Crippen LogP contribution >= 0.6 is 0 Å². The quantitative estimate of drug-likeness (QED) is 0.868. The molecular weight excluding hydrogens is 270 g/mol. The highest BCUT2D eigenvalue weighted by atomic mass is 16.5. The number of ether oxygens (including phenoxy) is 2. The number of carbonyl (C=O) groups is 1. The summed E-state index contributed by atoms with van der Waals surface area (Å²) in [5.74, 6) is 0.626. The number of hydrogen-bond donors (Lipinski definition) is 1. The zero-order chi connectivity index (χ0) is 14.8. The van der Waals surface area contributed by atoms with E-state index in [1.807, 2.05) is 24.3 Å². The summed E-state index contributed by atoms with van der Waals surface area (Å²) in [5.41, 5.74) is 7.49. The van der Waals surface area contributed by atoms with Gasteiger partial charge in [-0.15, -0.1) is 0 Å². The number of nitrogens with zero attached hydrogens (tertiary/aromatic N) is 2. The maximum Gasteiger partial charge on any atom is 0.361 e.